The number of aliphatic hydroxyl groups is 1. The predicted molar refractivity (Wildman–Crippen MR) is 66.2 cm³/mol. The van der Waals surface area contributed by atoms with Gasteiger partial charge in [0.1, 0.15) is 0 Å². The molecule has 2 nitrogen and oxygen atoms in total. The zero-order valence-corrected chi connectivity index (χ0v) is 9.97. The van der Waals surface area contributed by atoms with Gasteiger partial charge in [0.05, 0.1) is 6.10 Å². The lowest BCUT2D eigenvalue weighted by molar-refractivity contribution is 0.101. The molecule has 1 unspecified atom stereocenters. The average molecular weight is 219 g/mol. The standard InChI is InChI=1S/C14H21NO/c1-2-14(16)11-15(13-8-9-13)10-12-6-4-3-5-7-12/h3-7,13-14,16H,2,8-11H2,1H3. The van der Waals surface area contributed by atoms with E-state index in [1.165, 1.54) is 18.4 Å². The molecule has 2 rings (SSSR count). The molecule has 1 aliphatic carbocycles. The topological polar surface area (TPSA) is 23.5 Å². The smallest absolute Gasteiger partial charge is 0.0664 e. The SMILES string of the molecule is CCC(O)CN(Cc1ccccc1)C1CC1. The van der Waals surface area contributed by atoms with Crippen LogP contribution in [0.25, 0.3) is 0 Å². The highest BCUT2D eigenvalue weighted by Crippen LogP contribution is 2.28. The Hall–Kier alpha value is -0.860. The molecular formula is C14H21NO. The maximum atomic E-state index is 9.74. The Morgan fingerprint density at radius 3 is 2.56 bits per heavy atom. The van der Waals surface area contributed by atoms with Crippen LogP contribution in [0, 0.1) is 0 Å². The summed E-state index contributed by atoms with van der Waals surface area (Å²) in [6.07, 6.45) is 3.26. The highest BCUT2D eigenvalue weighted by atomic mass is 16.3. The number of hydrogen-bond donors (Lipinski definition) is 1. The predicted octanol–water partition coefficient (Wildman–Crippen LogP) is 2.42. The van der Waals surface area contributed by atoms with Gasteiger partial charge in [-0.1, -0.05) is 37.3 Å². The Morgan fingerprint density at radius 2 is 2.00 bits per heavy atom. The third-order valence-electron chi connectivity index (χ3n) is 3.21. The normalized spacial score (nSPS) is 17.7. The van der Waals surface area contributed by atoms with Crippen LogP contribution in [-0.2, 0) is 6.54 Å². The molecule has 0 aromatic heterocycles. The second-order valence-corrected chi connectivity index (χ2v) is 4.71. The van der Waals surface area contributed by atoms with Gasteiger partial charge in [0.15, 0.2) is 0 Å². The van der Waals surface area contributed by atoms with Crippen molar-refractivity contribution in [2.24, 2.45) is 0 Å². The zero-order chi connectivity index (χ0) is 11.4. The third-order valence-corrected chi connectivity index (χ3v) is 3.21. The Balaban J connectivity index is 1.92. The minimum absolute atomic E-state index is 0.177. The number of nitrogens with zero attached hydrogens (tertiary/aromatic N) is 1. The van der Waals surface area contributed by atoms with Gasteiger partial charge in [-0.05, 0) is 24.8 Å². The van der Waals surface area contributed by atoms with Gasteiger partial charge >= 0.3 is 0 Å². The molecule has 0 saturated heterocycles. The molecule has 1 aliphatic rings. The lowest BCUT2D eigenvalue weighted by atomic mass is 10.2. The Morgan fingerprint density at radius 1 is 1.31 bits per heavy atom. The van der Waals surface area contributed by atoms with Crippen LogP contribution in [0.4, 0.5) is 0 Å². The van der Waals surface area contributed by atoms with Crippen LogP contribution >= 0.6 is 0 Å². The summed E-state index contributed by atoms with van der Waals surface area (Å²) in [4.78, 5) is 2.42. The molecule has 1 aromatic carbocycles. The summed E-state index contributed by atoms with van der Waals surface area (Å²) >= 11 is 0. The van der Waals surface area contributed by atoms with Gasteiger partial charge in [-0.15, -0.1) is 0 Å². The van der Waals surface area contributed by atoms with E-state index in [4.69, 9.17) is 0 Å². The maximum absolute atomic E-state index is 9.74. The second kappa shape index (κ2) is 5.46. The summed E-state index contributed by atoms with van der Waals surface area (Å²) in [5.74, 6) is 0. The van der Waals surface area contributed by atoms with Crippen molar-refractivity contribution >= 4 is 0 Å². The summed E-state index contributed by atoms with van der Waals surface area (Å²) in [6, 6.07) is 11.2. The monoisotopic (exact) mass is 219 g/mol. The highest BCUT2D eigenvalue weighted by molar-refractivity contribution is 5.15. The summed E-state index contributed by atoms with van der Waals surface area (Å²) in [5.41, 5.74) is 1.35. The molecule has 88 valence electrons. The summed E-state index contributed by atoms with van der Waals surface area (Å²) < 4.78 is 0. The van der Waals surface area contributed by atoms with Crippen LogP contribution in [0.15, 0.2) is 30.3 Å². The molecule has 2 heteroatoms. The minimum atomic E-state index is -0.177. The number of benzene rings is 1. The van der Waals surface area contributed by atoms with Gasteiger partial charge in [-0.2, -0.15) is 0 Å². The van der Waals surface area contributed by atoms with E-state index in [1.807, 2.05) is 13.0 Å². The van der Waals surface area contributed by atoms with Gasteiger partial charge in [-0.3, -0.25) is 4.90 Å². The van der Waals surface area contributed by atoms with Crippen molar-refractivity contribution < 1.29 is 5.11 Å². The number of aliphatic hydroxyl groups excluding tert-OH is 1. The molecule has 16 heavy (non-hydrogen) atoms. The van der Waals surface area contributed by atoms with E-state index in [-0.39, 0.29) is 6.10 Å². The fraction of sp³-hybridized carbons (Fsp3) is 0.571. The van der Waals surface area contributed by atoms with E-state index in [9.17, 15) is 5.11 Å². The summed E-state index contributed by atoms with van der Waals surface area (Å²) in [7, 11) is 0. The molecule has 1 saturated carbocycles. The van der Waals surface area contributed by atoms with Crippen molar-refractivity contribution in [2.45, 2.75) is 44.9 Å². The molecule has 1 atom stereocenters. The van der Waals surface area contributed by atoms with Crippen LogP contribution in [0.1, 0.15) is 31.7 Å². The van der Waals surface area contributed by atoms with E-state index < -0.39 is 0 Å². The Kier molecular flexibility index (Phi) is 3.97. The summed E-state index contributed by atoms with van der Waals surface area (Å²) in [5, 5.41) is 9.74. The van der Waals surface area contributed by atoms with Gasteiger partial charge in [0, 0.05) is 19.1 Å². The molecule has 1 fully saturated rings. The van der Waals surface area contributed by atoms with Crippen LogP contribution in [0.3, 0.4) is 0 Å². The quantitative estimate of drug-likeness (QED) is 0.794. The van der Waals surface area contributed by atoms with Crippen LogP contribution < -0.4 is 0 Å². The fourth-order valence-electron chi connectivity index (χ4n) is 2.00. The minimum Gasteiger partial charge on any atom is -0.392 e. The van der Waals surface area contributed by atoms with Crippen molar-refractivity contribution in [3.63, 3.8) is 0 Å². The van der Waals surface area contributed by atoms with Crippen molar-refractivity contribution in [1.29, 1.82) is 0 Å². The molecular weight excluding hydrogens is 198 g/mol. The van der Waals surface area contributed by atoms with E-state index in [0.717, 1.165) is 19.5 Å². The Labute approximate surface area is 97.9 Å². The molecule has 0 heterocycles. The average Bonchev–Trinajstić information content (AvgIpc) is 3.13. The van der Waals surface area contributed by atoms with Gasteiger partial charge in [0.2, 0.25) is 0 Å². The van der Waals surface area contributed by atoms with E-state index in [2.05, 4.69) is 29.2 Å². The second-order valence-electron chi connectivity index (χ2n) is 4.71. The largest absolute Gasteiger partial charge is 0.392 e. The zero-order valence-electron chi connectivity index (χ0n) is 9.97. The van der Waals surface area contributed by atoms with Crippen molar-refractivity contribution in [2.75, 3.05) is 6.54 Å². The molecule has 0 amide bonds. The number of rotatable bonds is 6. The fourth-order valence-corrected chi connectivity index (χ4v) is 2.00. The van der Waals surface area contributed by atoms with Crippen molar-refractivity contribution in [3.8, 4) is 0 Å². The van der Waals surface area contributed by atoms with Gasteiger partial charge in [-0.25, -0.2) is 0 Å². The van der Waals surface area contributed by atoms with Crippen molar-refractivity contribution in [1.82, 2.24) is 4.90 Å². The van der Waals surface area contributed by atoms with E-state index in [0.29, 0.717) is 6.04 Å². The van der Waals surface area contributed by atoms with Crippen LogP contribution in [0.2, 0.25) is 0 Å². The van der Waals surface area contributed by atoms with Gasteiger partial charge < -0.3 is 5.11 Å². The molecule has 0 radical (unpaired) electrons. The van der Waals surface area contributed by atoms with Gasteiger partial charge in [0.25, 0.3) is 0 Å². The first kappa shape index (κ1) is 11.6. The lowest BCUT2D eigenvalue weighted by Crippen LogP contribution is -2.33. The molecule has 0 spiro atoms. The van der Waals surface area contributed by atoms with Crippen LogP contribution in [0.5, 0.6) is 0 Å². The molecule has 1 aromatic rings. The summed E-state index contributed by atoms with van der Waals surface area (Å²) in [6.45, 7) is 3.83. The molecule has 0 bridgehead atoms. The highest BCUT2D eigenvalue weighted by Gasteiger charge is 2.29. The van der Waals surface area contributed by atoms with Crippen LogP contribution in [-0.4, -0.2) is 28.7 Å². The first-order valence-corrected chi connectivity index (χ1v) is 6.25. The molecule has 1 N–H and O–H groups in total. The lowest BCUT2D eigenvalue weighted by Gasteiger charge is -2.24. The first-order valence-electron chi connectivity index (χ1n) is 6.25. The first-order chi connectivity index (χ1) is 7.79. The maximum Gasteiger partial charge on any atom is 0.0664 e. The van der Waals surface area contributed by atoms with E-state index >= 15 is 0 Å². The number of hydrogen-bond acceptors (Lipinski definition) is 2. The third kappa shape index (κ3) is 3.32. The van der Waals surface area contributed by atoms with Crippen molar-refractivity contribution in [3.05, 3.63) is 35.9 Å². The Bertz CT molecular complexity index is 308. The van der Waals surface area contributed by atoms with E-state index in [1.54, 1.807) is 0 Å². The molecule has 0 aliphatic heterocycles.